The van der Waals surface area contributed by atoms with Crippen molar-refractivity contribution in [1.29, 1.82) is 5.26 Å². The Morgan fingerprint density at radius 3 is 2.88 bits per heavy atom. The molecule has 0 saturated carbocycles. The lowest BCUT2D eigenvalue weighted by atomic mass is 9.95. The predicted octanol–water partition coefficient (Wildman–Crippen LogP) is 3.45. The van der Waals surface area contributed by atoms with E-state index in [0.717, 1.165) is 23.4 Å². The topological polar surface area (TPSA) is 74.6 Å². The first-order chi connectivity index (χ1) is 11.2. The molecule has 0 aliphatic carbocycles. The molecule has 126 valence electrons. The molecule has 1 aromatic rings. The molecule has 0 amide bonds. The summed E-state index contributed by atoms with van der Waals surface area (Å²) in [6.07, 6.45) is 2.88. The molecule has 0 bridgehead atoms. The summed E-state index contributed by atoms with van der Waals surface area (Å²) in [5.74, 6) is 0.754. The zero-order valence-corrected chi connectivity index (χ0v) is 14.6. The first-order valence-electron chi connectivity index (χ1n) is 7.82. The summed E-state index contributed by atoms with van der Waals surface area (Å²) in [7, 11) is 0. The van der Waals surface area contributed by atoms with E-state index < -0.39 is 0 Å². The maximum Gasteiger partial charge on any atom is 0.144 e. The van der Waals surface area contributed by atoms with Crippen LogP contribution in [-0.2, 0) is 4.74 Å². The minimum atomic E-state index is 0. The molecule has 2 aliphatic heterocycles. The van der Waals surface area contributed by atoms with Crippen molar-refractivity contribution >= 4 is 23.8 Å². The van der Waals surface area contributed by atoms with Crippen molar-refractivity contribution in [1.82, 2.24) is 0 Å². The quantitative estimate of drug-likeness (QED) is 0.911. The number of fused-ring (bicyclic) bond motifs is 1. The molecule has 1 aromatic carbocycles. The van der Waals surface area contributed by atoms with Crippen molar-refractivity contribution in [2.45, 2.75) is 26.2 Å². The van der Waals surface area contributed by atoms with Gasteiger partial charge < -0.3 is 10.5 Å². The van der Waals surface area contributed by atoms with Crippen LogP contribution in [0.1, 0.15) is 31.7 Å². The number of nitrogens with two attached hydrogens (primary N) is 1. The highest BCUT2D eigenvalue weighted by atomic mass is 35.5. The van der Waals surface area contributed by atoms with Gasteiger partial charge in [0.15, 0.2) is 0 Å². The number of hydrogen-bond acceptors (Lipinski definition) is 5. The van der Waals surface area contributed by atoms with E-state index in [9.17, 15) is 5.26 Å². The SMILES string of the molecule is CCC(C)c1ccccc1N1N=C2COCC=C2C(C#N)=C1N.Cl. The number of hydrazone groups is 1. The molecule has 0 saturated heterocycles. The standard InChI is InChI=1S/C18H20N4O.ClH/c1-3-12(2)13-6-4-5-7-17(13)22-18(20)15(10-19)14-8-9-23-11-16(14)21-22;/h4-8,12H,3,9,11,20H2,1-2H3;1H. The molecule has 3 rings (SSSR count). The van der Waals surface area contributed by atoms with E-state index in [2.05, 4.69) is 31.1 Å². The molecule has 0 fully saturated rings. The molecular weight excluding hydrogens is 324 g/mol. The molecule has 0 radical (unpaired) electrons. The third kappa shape index (κ3) is 3.03. The number of allylic oxidation sites excluding steroid dienone is 1. The van der Waals surface area contributed by atoms with Crippen LogP contribution in [0.4, 0.5) is 5.69 Å². The van der Waals surface area contributed by atoms with Gasteiger partial charge in [-0.3, -0.25) is 0 Å². The zero-order valence-electron chi connectivity index (χ0n) is 13.8. The van der Waals surface area contributed by atoms with E-state index in [4.69, 9.17) is 10.5 Å². The molecule has 0 aromatic heterocycles. The van der Waals surface area contributed by atoms with Crippen molar-refractivity contribution in [3.05, 3.63) is 52.9 Å². The summed E-state index contributed by atoms with van der Waals surface area (Å²) in [5.41, 5.74) is 10.4. The minimum Gasteiger partial charge on any atom is -0.383 e. The number of ether oxygens (including phenoxy) is 1. The smallest absolute Gasteiger partial charge is 0.144 e. The fraction of sp³-hybridized carbons (Fsp3) is 0.333. The van der Waals surface area contributed by atoms with Gasteiger partial charge in [-0.15, -0.1) is 12.4 Å². The van der Waals surface area contributed by atoms with Crippen LogP contribution in [0.25, 0.3) is 0 Å². The molecule has 2 heterocycles. The van der Waals surface area contributed by atoms with Crippen molar-refractivity contribution in [2.75, 3.05) is 18.2 Å². The van der Waals surface area contributed by atoms with Crippen molar-refractivity contribution < 1.29 is 4.74 Å². The lowest BCUT2D eigenvalue weighted by Crippen LogP contribution is -2.35. The van der Waals surface area contributed by atoms with E-state index in [0.29, 0.717) is 30.5 Å². The fourth-order valence-electron chi connectivity index (χ4n) is 2.86. The largest absolute Gasteiger partial charge is 0.383 e. The van der Waals surface area contributed by atoms with Gasteiger partial charge in [-0.1, -0.05) is 32.0 Å². The van der Waals surface area contributed by atoms with Crippen LogP contribution in [0.2, 0.25) is 0 Å². The van der Waals surface area contributed by atoms with E-state index in [1.54, 1.807) is 5.01 Å². The molecular formula is C18H21ClN4O. The normalized spacial score (nSPS) is 18.0. The molecule has 1 unspecified atom stereocenters. The molecule has 24 heavy (non-hydrogen) atoms. The number of nitriles is 1. The summed E-state index contributed by atoms with van der Waals surface area (Å²) in [5, 5.41) is 15.9. The van der Waals surface area contributed by atoms with E-state index >= 15 is 0 Å². The molecule has 6 heteroatoms. The number of para-hydroxylation sites is 1. The Morgan fingerprint density at radius 2 is 2.17 bits per heavy atom. The third-order valence-corrected chi connectivity index (χ3v) is 4.35. The van der Waals surface area contributed by atoms with Crippen LogP contribution >= 0.6 is 12.4 Å². The van der Waals surface area contributed by atoms with E-state index in [-0.39, 0.29) is 12.4 Å². The Bertz CT molecular complexity index is 761. The second-order valence-corrected chi connectivity index (χ2v) is 5.73. The highest BCUT2D eigenvalue weighted by Gasteiger charge is 2.29. The highest BCUT2D eigenvalue weighted by molar-refractivity contribution is 6.08. The molecule has 2 aliphatic rings. The Labute approximate surface area is 148 Å². The van der Waals surface area contributed by atoms with Crippen molar-refractivity contribution in [2.24, 2.45) is 10.8 Å². The van der Waals surface area contributed by atoms with Gasteiger partial charge in [0.25, 0.3) is 0 Å². The Hall–Kier alpha value is -2.29. The maximum absolute atomic E-state index is 9.54. The van der Waals surface area contributed by atoms with Gasteiger partial charge in [-0.25, -0.2) is 5.01 Å². The Kier molecular flexibility index (Phi) is 5.66. The first kappa shape index (κ1) is 18.1. The van der Waals surface area contributed by atoms with Crippen LogP contribution in [-0.4, -0.2) is 18.9 Å². The number of rotatable bonds is 3. The van der Waals surface area contributed by atoms with Crippen LogP contribution in [0.5, 0.6) is 0 Å². The summed E-state index contributed by atoms with van der Waals surface area (Å²) in [6.45, 7) is 5.21. The Balaban J connectivity index is 0.00000208. The van der Waals surface area contributed by atoms with Gasteiger partial charge in [-0.2, -0.15) is 10.4 Å². The lowest BCUT2D eigenvalue weighted by molar-refractivity contribution is 0.199. The van der Waals surface area contributed by atoms with Crippen molar-refractivity contribution in [3.8, 4) is 6.07 Å². The highest BCUT2D eigenvalue weighted by Crippen LogP contribution is 2.34. The average Bonchev–Trinajstić information content (AvgIpc) is 2.60. The van der Waals surface area contributed by atoms with Crippen LogP contribution in [0.15, 0.2) is 52.4 Å². The summed E-state index contributed by atoms with van der Waals surface area (Å²) >= 11 is 0. The Morgan fingerprint density at radius 1 is 1.42 bits per heavy atom. The summed E-state index contributed by atoms with van der Waals surface area (Å²) in [4.78, 5) is 0. The predicted molar refractivity (Wildman–Crippen MR) is 98.0 cm³/mol. The van der Waals surface area contributed by atoms with Gasteiger partial charge in [0.1, 0.15) is 17.5 Å². The van der Waals surface area contributed by atoms with Gasteiger partial charge >= 0.3 is 0 Å². The fourth-order valence-corrected chi connectivity index (χ4v) is 2.86. The molecule has 5 nitrogen and oxygen atoms in total. The number of benzene rings is 1. The van der Waals surface area contributed by atoms with Gasteiger partial charge in [0.2, 0.25) is 0 Å². The third-order valence-electron chi connectivity index (χ3n) is 4.35. The monoisotopic (exact) mass is 344 g/mol. The zero-order chi connectivity index (χ0) is 16.4. The second-order valence-electron chi connectivity index (χ2n) is 5.73. The van der Waals surface area contributed by atoms with Crippen LogP contribution < -0.4 is 10.7 Å². The average molecular weight is 345 g/mol. The van der Waals surface area contributed by atoms with Crippen LogP contribution in [0, 0.1) is 11.3 Å². The van der Waals surface area contributed by atoms with Crippen molar-refractivity contribution in [3.63, 3.8) is 0 Å². The van der Waals surface area contributed by atoms with E-state index in [1.165, 1.54) is 5.56 Å². The lowest BCUT2D eigenvalue weighted by Gasteiger charge is -2.31. The molecule has 2 N–H and O–H groups in total. The second kappa shape index (κ2) is 7.52. The first-order valence-corrected chi connectivity index (χ1v) is 7.82. The van der Waals surface area contributed by atoms with E-state index in [1.807, 2.05) is 24.3 Å². The van der Waals surface area contributed by atoms with Gasteiger partial charge in [0, 0.05) is 5.57 Å². The number of halogens is 1. The van der Waals surface area contributed by atoms with Gasteiger partial charge in [0.05, 0.1) is 24.6 Å². The molecule has 1 atom stereocenters. The molecule has 0 spiro atoms. The summed E-state index contributed by atoms with van der Waals surface area (Å²) < 4.78 is 5.44. The summed E-state index contributed by atoms with van der Waals surface area (Å²) in [6, 6.07) is 10.3. The number of anilines is 1. The maximum atomic E-state index is 9.54. The minimum absolute atomic E-state index is 0. The number of nitrogens with zero attached hydrogens (tertiary/aromatic N) is 3. The number of hydrogen-bond donors (Lipinski definition) is 1. The van der Waals surface area contributed by atoms with Crippen LogP contribution in [0.3, 0.4) is 0 Å². The van der Waals surface area contributed by atoms with Gasteiger partial charge in [-0.05, 0) is 30.0 Å².